The number of rotatable bonds is 2. The lowest BCUT2D eigenvalue weighted by atomic mass is 10.3. The van der Waals surface area contributed by atoms with Crippen LogP contribution in [-0.2, 0) is 6.54 Å². The van der Waals surface area contributed by atoms with E-state index in [0.717, 1.165) is 10.0 Å². The first-order valence-electron chi connectivity index (χ1n) is 2.91. The molecule has 3 nitrogen and oxygen atoms in total. The van der Waals surface area contributed by atoms with Crippen molar-refractivity contribution in [2.24, 2.45) is 0 Å². The van der Waals surface area contributed by atoms with Gasteiger partial charge in [-0.05, 0) is 22.0 Å². The Balaban J connectivity index is 2.93. The second-order valence-corrected chi connectivity index (χ2v) is 3.21. The molecular formula is C6H6BrClN2O. The fourth-order valence-electron chi connectivity index (χ4n) is 0.674. The standard InChI is InChI=1S/C6H6BrClN2O/c7-5-1-4(2-10-11)6(8)9-3-5/h1,3,10-11H,2H2. The number of hydrogen-bond acceptors (Lipinski definition) is 3. The van der Waals surface area contributed by atoms with E-state index in [4.69, 9.17) is 16.8 Å². The molecule has 0 saturated heterocycles. The van der Waals surface area contributed by atoms with Crippen LogP contribution in [0.5, 0.6) is 0 Å². The predicted molar refractivity (Wildman–Crippen MR) is 45.6 cm³/mol. The van der Waals surface area contributed by atoms with E-state index in [1.165, 1.54) is 0 Å². The molecule has 11 heavy (non-hydrogen) atoms. The van der Waals surface area contributed by atoms with Gasteiger partial charge in [-0.15, -0.1) is 0 Å². The van der Waals surface area contributed by atoms with Crippen LogP contribution >= 0.6 is 27.5 Å². The molecular weight excluding hydrogens is 231 g/mol. The molecule has 0 bridgehead atoms. The number of hydroxylamine groups is 1. The summed E-state index contributed by atoms with van der Waals surface area (Å²) in [6.07, 6.45) is 1.60. The van der Waals surface area contributed by atoms with Gasteiger partial charge in [0.1, 0.15) is 5.15 Å². The van der Waals surface area contributed by atoms with Crippen molar-refractivity contribution < 1.29 is 5.21 Å². The van der Waals surface area contributed by atoms with E-state index >= 15 is 0 Å². The van der Waals surface area contributed by atoms with Crippen LogP contribution in [0.4, 0.5) is 0 Å². The first-order chi connectivity index (χ1) is 5.24. The van der Waals surface area contributed by atoms with Crippen molar-refractivity contribution in [3.63, 3.8) is 0 Å². The highest BCUT2D eigenvalue weighted by Gasteiger charge is 2.00. The van der Waals surface area contributed by atoms with Crippen LogP contribution < -0.4 is 5.48 Å². The molecule has 0 radical (unpaired) electrons. The Morgan fingerprint density at radius 3 is 3.09 bits per heavy atom. The summed E-state index contributed by atoms with van der Waals surface area (Å²) in [5, 5.41) is 8.78. The molecule has 1 heterocycles. The van der Waals surface area contributed by atoms with E-state index in [0.29, 0.717) is 11.7 Å². The molecule has 0 aliphatic rings. The molecule has 1 aromatic rings. The van der Waals surface area contributed by atoms with Crippen molar-refractivity contribution in [2.75, 3.05) is 0 Å². The van der Waals surface area contributed by atoms with Gasteiger partial charge in [-0.25, -0.2) is 10.5 Å². The maximum atomic E-state index is 8.38. The smallest absolute Gasteiger partial charge is 0.133 e. The summed E-state index contributed by atoms with van der Waals surface area (Å²) in [5.41, 5.74) is 2.76. The van der Waals surface area contributed by atoms with Gasteiger partial charge in [0, 0.05) is 22.8 Å². The van der Waals surface area contributed by atoms with Crippen molar-refractivity contribution in [2.45, 2.75) is 6.54 Å². The van der Waals surface area contributed by atoms with Crippen molar-refractivity contribution in [3.8, 4) is 0 Å². The summed E-state index contributed by atoms with van der Waals surface area (Å²) in [4.78, 5) is 3.86. The van der Waals surface area contributed by atoms with Gasteiger partial charge in [0.05, 0.1) is 0 Å². The third-order valence-electron chi connectivity index (χ3n) is 1.15. The quantitative estimate of drug-likeness (QED) is 0.611. The zero-order chi connectivity index (χ0) is 8.27. The highest BCUT2D eigenvalue weighted by molar-refractivity contribution is 9.10. The Labute approximate surface area is 77.5 Å². The van der Waals surface area contributed by atoms with Crippen LogP contribution in [-0.4, -0.2) is 10.2 Å². The van der Waals surface area contributed by atoms with E-state index < -0.39 is 0 Å². The molecule has 60 valence electrons. The molecule has 0 aliphatic heterocycles. The third-order valence-corrected chi connectivity index (χ3v) is 1.92. The van der Waals surface area contributed by atoms with Gasteiger partial charge in [0.2, 0.25) is 0 Å². The summed E-state index contributed by atoms with van der Waals surface area (Å²) in [6, 6.07) is 1.79. The molecule has 0 aliphatic carbocycles. The van der Waals surface area contributed by atoms with Crippen LogP contribution in [0.3, 0.4) is 0 Å². The van der Waals surface area contributed by atoms with Gasteiger partial charge in [-0.2, -0.15) is 0 Å². The number of aromatic nitrogens is 1. The van der Waals surface area contributed by atoms with Crippen LogP contribution in [0, 0.1) is 0 Å². The molecule has 0 fully saturated rings. The summed E-state index contributed by atoms with van der Waals surface area (Å²) in [5.74, 6) is 0. The number of nitrogens with zero attached hydrogens (tertiary/aromatic N) is 1. The molecule has 0 atom stereocenters. The van der Waals surface area contributed by atoms with Crippen molar-refractivity contribution in [3.05, 3.63) is 27.5 Å². The minimum atomic E-state index is 0.297. The molecule has 1 rings (SSSR count). The fraction of sp³-hybridized carbons (Fsp3) is 0.167. The van der Waals surface area contributed by atoms with Crippen LogP contribution in [0.25, 0.3) is 0 Å². The van der Waals surface area contributed by atoms with Gasteiger partial charge in [0.15, 0.2) is 0 Å². The monoisotopic (exact) mass is 236 g/mol. The Bertz CT molecular complexity index is 256. The average molecular weight is 237 g/mol. The number of hydrogen-bond donors (Lipinski definition) is 2. The van der Waals surface area contributed by atoms with Crippen molar-refractivity contribution in [1.29, 1.82) is 0 Å². The predicted octanol–water partition coefficient (Wildman–Crippen LogP) is 1.98. The van der Waals surface area contributed by atoms with Crippen LogP contribution in [0.2, 0.25) is 5.15 Å². The van der Waals surface area contributed by atoms with Crippen molar-refractivity contribution in [1.82, 2.24) is 10.5 Å². The SMILES string of the molecule is ONCc1cc(Br)cnc1Cl. The summed E-state index contributed by atoms with van der Waals surface area (Å²) in [7, 11) is 0. The lowest BCUT2D eigenvalue weighted by Crippen LogP contribution is -2.06. The minimum Gasteiger partial charge on any atom is -0.316 e. The summed E-state index contributed by atoms with van der Waals surface area (Å²) < 4.78 is 0.840. The molecule has 0 saturated carbocycles. The second kappa shape index (κ2) is 4.01. The van der Waals surface area contributed by atoms with Gasteiger partial charge >= 0.3 is 0 Å². The van der Waals surface area contributed by atoms with Crippen molar-refractivity contribution >= 4 is 27.5 Å². The van der Waals surface area contributed by atoms with E-state index in [1.54, 1.807) is 12.3 Å². The highest BCUT2D eigenvalue weighted by Crippen LogP contribution is 2.17. The van der Waals surface area contributed by atoms with Crippen LogP contribution in [0.15, 0.2) is 16.7 Å². The van der Waals surface area contributed by atoms with E-state index in [2.05, 4.69) is 20.9 Å². The first-order valence-corrected chi connectivity index (χ1v) is 4.08. The highest BCUT2D eigenvalue weighted by atomic mass is 79.9. The maximum Gasteiger partial charge on any atom is 0.133 e. The largest absolute Gasteiger partial charge is 0.316 e. The van der Waals surface area contributed by atoms with E-state index in [-0.39, 0.29) is 0 Å². The van der Waals surface area contributed by atoms with Crippen LogP contribution in [0.1, 0.15) is 5.56 Å². The maximum absolute atomic E-state index is 8.38. The molecule has 0 unspecified atom stereocenters. The van der Waals surface area contributed by atoms with Gasteiger partial charge in [-0.1, -0.05) is 11.6 Å². The van der Waals surface area contributed by atoms with Gasteiger partial charge in [0.25, 0.3) is 0 Å². The summed E-state index contributed by atoms with van der Waals surface area (Å²) >= 11 is 8.93. The summed E-state index contributed by atoms with van der Waals surface area (Å²) in [6.45, 7) is 0.297. The van der Waals surface area contributed by atoms with Gasteiger partial charge in [-0.3, -0.25) is 0 Å². The minimum absolute atomic E-state index is 0.297. The molecule has 0 aromatic carbocycles. The molecule has 1 aromatic heterocycles. The first kappa shape index (κ1) is 8.93. The Hall–Kier alpha value is -0.160. The van der Waals surface area contributed by atoms with E-state index in [1.807, 2.05) is 5.48 Å². The number of nitrogens with one attached hydrogen (secondary N) is 1. The van der Waals surface area contributed by atoms with Gasteiger partial charge < -0.3 is 5.21 Å². The number of halogens is 2. The Morgan fingerprint density at radius 2 is 2.45 bits per heavy atom. The molecule has 0 amide bonds. The topological polar surface area (TPSA) is 45.1 Å². The number of pyridine rings is 1. The normalized spacial score (nSPS) is 10.1. The Kier molecular flexibility index (Phi) is 3.26. The lowest BCUT2D eigenvalue weighted by Gasteiger charge is -2.00. The lowest BCUT2D eigenvalue weighted by molar-refractivity contribution is 0.161. The molecule has 2 N–H and O–H groups in total. The second-order valence-electron chi connectivity index (χ2n) is 1.94. The third kappa shape index (κ3) is 2.41. The van der Waals surface area contributed by atoms with E-state index in [9.17, 15) is 0 Å². The average Bonchev–Trinajstić information content (AvgIpc) is 1.98. The Morgan fingerprint density at radius 1 is 1.73 bits per heavy atom. The fourth-order valence-corrected chi connectivity index (χ4v) is 1.22. The molecule has 0 spiro atoms. The molecule has 5 heteroatoms. The zero-order valence-electron chi connectivity index (χ0n) is 5.51. The zero-order valence-corrected chi connectivity index (χ0v) is 7.85.